The molecule has 1 atom stereocenters. The number of carbonyl (C=O) groups is 1. The molecule has 0 saturated heterocycles. The van der Waals surface area contributed by atoms with Crippen LogP contribution in [0.25, 0.3) is 11.1 Å². The molecule has 2 aromatic rings. The number of amides is 1. The smallest absolute Gasteiger partial charge is 0.233 e. The lowest BCUT2D eigenvalue weighted by Crippen LogP contribution is -2.39. The zero-order valence-electron chi connectivity index (χ0n) is 13.6. The Morgan fingerprint density at radius 1 is 1.08 bits per heavy atom. The standard InChI is InChI=1S/C17H19NO5S2/c1-24-16-6-2-13(3-7-16)14-4-8-17(9-5-14)25(22,23)11-15(10-19)18(21)12-20/h2-9,12,15,19,21H,10-11H2,1H3. The quantitative estimate of drug-likeness (QED) is 0.315. The number of hydrogen-bond donors (Lipinski definition) is 2. The number of hydroxylamine groups is 2. The summed E-state index contributed by atoms with van der Waals surface area (Å²) < 4.78 is 24.8. The van der Waals surface area contributed by atoms with Crippen LogP contribution in [0.5, 0.6) is 0 Å². The van der Waals surface area contributed by atoms with Gasteiger partial charge < -0.3 is 5.11 Å². The van der Waals surface area contributed by atoms with Crippen molar-refractivity contribution in [3.05, 3.63) is 48.5 Å². The molecule has 0 aliphatic heterocycles. The highest BCUT2D eigenvalue weighted by Gasteiger charge is 2.24. The number of rotatable bonds is 8. The topological polar surface area (TPSA) is 94.9 Å². The summed E-state index contributed by atoms with van der Waals surface area (Å²) in [7, 11) is -3.76. The highest BCUT2D eigenvalue weighted by molar-refractivity contribution is 7.98. The summed E-state index contributed by atoms with van der Waals surface area (Å²) in [5, 5.41) is 18.6. The number of aliphatic hydroxyl groups is 1. The number of sulfone groups is 1. The van der Waals surface area contributed by atoms with Gasteiger partial charge in [-0.25, -0.2) is 13.5 Å². The van der Waals surface area contributed by atoms with Gasteiger partial charge in [-0.05, 0) is 41.6 Å². The summed E-state index contributed by atoms with van der Waals surface area (Å²) >= 11 is 1.64. The number of benzene rings is 2. The summed E-state index contributed by atoms with van der Waals surface area (Å²) in [6, 6.07) is 13.1. The molecular weight excluding hydrogens is 362 g/mol. The Hall–Kier alpha value is -1.87. The molecule has 0 bridgehead atoms. The minimum absolute atomic E-state index is 0.0646. The second kappa shape index (κ2) is 8.48. The molecular formula is C17H19NO5S2. The second-order valence-electron chi connectivity index (χ2n) is 5.36. The molecule has 0 aliphatic carbocycles. The van der Waals surface area contributed by atoms with E-state index < -0.39 is 28.2 Å². The number of carbonyl (C=O) groups excluding carboxylic acids is 1. The molecule has 0 heterocycles. The van der Waals surface area contributed by atoms with Gasteiger partial charge >= 0.3 is 0 Å². The van der Waals surface area contributed by atoms with Crippen molar-refractivity contribution < 1.29 is 23.5 Å². The fraction of sp³-hybridized carbons (Fsp3) is 0.235. The Bertz CT molecular complexity index is 804. The molecule has 0 aliphatic rings. The fourth-order valence-corrected chi connectivity index (χ4v) is 4.20. The first-order valence-electron chi connectivity index (χ1n) is 7.42. The number of nitrogens with zero attached hydrogens (tertiary/aromatic N) is 1. The van der Waals surface area contributed by atoms with Crippen LogP contribution < -0.4 is 0 Å². The van der Waals surface area contributed by atoms with Crippen molar-refractivity contribution in [3.63, 3.8) is 0 Å². The van der Waals surface area contributed by atoms with Crippen LogP contribution in [0.2, 0.25) is 0 Å². The molecule has 2 N–H and O–H groups in total. The SMILES string of the molecule is CSc1ccc(-c2ccc(S(=O)(=O)CC(CO)N(O)C=O)cc2)cc1. The molecule has 1 unspecified atom stereocenters. The predicted molar refractivity (Wildman–Crippen MR) is 96.3 cm³/mol. The fourth-order valence-electron chi connectivity index (χ4n) is 2.29. The molecule has 8 heteroatoms. The Kier molecular flexibility index (Phi) is 6.60. The largest absolute Gasteiger partial charge is 0.394 e. The lowest BCUT2D eigenvalue weighted by atomic mass is 10.1. The summed E-state index contributed by atoms with van der Waals surface area (Å²) in [5.74, 6) is -0.569. The van der Waals surface area contributed by atoms with Gasteiger partial charge in [0.25, 0.3) is 0 Å². The van der Waals surface area contributed by atoms with Crippen LogP contribution in [0.4, 0.5) is 0 Å². The maximum atomic E-state index is 12.4. The Morgan fingerprint density at radius 2 is 1.60 bits per heavy atom. The van der Waals surface area contributed by atoms with E-state index in [1.54, 1.807) is 23.9 Å². The normalized spacial score (nSPS) is 12.6. The third-order valence-corrected chi connectivity index (χ3v) is 6.30. The molecule has 1 amide bonds. The van der Waals surface area contributed by atoms with Crippen LogP contribution in [0.1, 0.15) is 0 Å². The first-order chi connectivity index (χ1) is 11.9. The van der Waals surface area contributed by atoms with Crippen LogP contribution in [-0.4, -0.2) is 54.9 Å². The van der Waals surface area contributed by atoms with Gasteiger partial charge in [0.2, 0.25) is 6.41 Å². The average molecular weight is 381 g/mol. The van der Waals surface area contributed by atoms with E-state index in [-0.39, 0.29) is 16.4 Å². The Balaban J connectivity index is 2.21. The van der Waals surface area contributed by atoms with Gasteiger partial charge in [0.1, 0.15) is 0 Å². The van der Waals surface area contributed by atoms with E-state index in [4.69, 9.17) is 5.11 Å². The first kappa shape index (κ1) is 19.5. The van der Waals surface area contributed by atoms with E-state index in [0.29, 0.717) is 0 Å². The van der Waals surface area contributed by atoms with E-state index in [1.165, 1.54) is 12.1 Å². The zero-order chi connectivity index (χ0) is 18.4. The molecule has 0 fully saturated rings. The Labute approximate surface area is 151 Å². The first-order valence-corrected chi connectivity index (χ1v) is 10.3. The monoisotopic (exact) mass is 381 g/mol. The molecule has 2 aromatic carbocycles. The summed E-state index contributed by atoms with van der Waals surface area (Å²) in [6.45, 7) is -0.658. The third kappa shape index (κ3) is 4.82. The number of thioether (sulfide) groups is 1. The molecule has 0 radical (unpaired) electrons. The summed E-state index contributed by atoms with van der Waals surface area (Å²) in [5.41, 5.74) is 1.85. The lowest BCUT2D eigenvalue weighted by molar-refractivity contribution is -0.161. The van der Waals surface area contributed by atoms with Crippen LogP contribution in [0.15, 0.2) is 58.3 Å². The Morgan fingerprint density at radius 3 is 2.04 bits per heavy atom. The second-order valence-corrected chi connectivity index (χ2v) is 8.27. The highest BCUT2D eigenvalue weighted by Crippen LogP contribution is 2.24. The molecule has 6 nitrogen and oxygen atoms in total. The van der Waals surface area contributed by atoms with Gasteiger partial charge in [0.05, 0.1) is 23.3 Å². The van der Waals surface area contributed by atoms with Crippen molar-refractivity contribution in [3.8, 4) is 11.1 Å². The van der Waals surface area contributed by atoms with Crippen molar-refractivity contribution >= 4 is 28.0 Å². The van der Waals surface area contributed by atoms with Crippen LogP contribution in [-0.2, 0) is 14.6 Å². The summed E-state index contributed by atoms with van der Waals surface area (Å²) in [6.07, 6.45) is 2.06. The van der Waals surface area contributed by atoms with Gasteiger partial charge in [-0.2, -0.15) is 0 Å². The number of hydrogen-bond acceptors (Lipinski definition) is 6. The zero-order valence-corrected chi connectivity index (χ0v) is 15.2. The third-order valence-electron chi connectivity index (χ3n) is 3.74. The van der Waals surface area contributed by atoms with E-state index >= 15 is 0 Å². The average Bonchev–Trinajstić information content (AvgIpc) is 2.65. The molecule has 134 valence electrons. The van der Waals surface area contributed by atoms with Crippen LogP contribution in [0.3, 0.4) is 0 Å². The van der Waals surface area contributed by atoms with E-state index in [2.05, 4.69) is 0 Å². The van der Waals surface area contributed by atoms with Gasteiger partial charge in [0.15, 0.2) is 9.84 Å². The van der Waals surface area contributed by atoms with E-state index in [1.807, 2.05) is 30.5 Å². The molecule has 0 aromatic heterocycles. The van der Waals surface area contributed by atoms with E-state index in [9.17, 15) is 18.4 Å². The lowest BCUT2D eigenvalue weighted by Gasteiger charge is -2.20. The van der Waals surface area contributed by atoms with Crippen LogP contribution in [0, 0.1) is 0 Å². The van der Waals surface area contributed by atoms with Gasteiger partial charge in [0, 0.05) is 4.90 Å². The van der Waals surface area contributed by atoms with Crippen molar-refractivity contribution in [2.24, 2.45) is 0 Å². The van der Waals surface area contributed by atoms with Crippen molar-refractivity contribution in [1.29, 1.82) is 0 Å². The van der Waals surface area contributed by atoms with Crippen molar-refractivity contribution in [1.82, 2.24) is 5.06 Å². The molecule has 2 rings (SSSR count). The minimum atomic E-state index is -3.76. The van der Waals surface area contributed by atoms with Gasteiger partial charge in [-0.1, -0.05) is 24.3 Å². The minimum Gasteiger partial charge on any atom is -0.394 e. The molecule has 0 saturated carbocycles. The van der Waals surface area contributed by atoms with Crippen LogP contribution >= 0.6 is 11.8 Å². The maximum Gasteiger partial charge on any atom is 0.233 e. The molecule has 25 heavy (non-hydrogen) atoms. The van der Waals surface area contributed by atoms with Crippen molar-refractivity contribution in [2.75, 3.05) is 18.6 Å². The molecule has 0 spiro atoms. The number of aliphatic hydroxyl groups excluding tert-OH is 1. The van der Waals surface area contributed by atoms with Gasteiger partial charge in [-0.3, -0.25) is 10.0 Å². The van der Waals surface area contributed by atoms with Crippen molar-refractivity contribution in [2.45, 2.75) is 15.8 Å². The van der Waals surface area contributed by atoms with E-state index in [0.717, 1.165) is 16.0 Å². The maximum absolute atomic E-state index is 12.4. The predicted octanol–water partition coefficient (Wildman–Crippen LogP) is 2.06. The highest BCUT2D eigenvalue weighted by atomic mass is 32.2. The summed E-state index contributed by atoms with van der Waals surface area (Å²) in [4.78, 5) is 11.7. The van der Waals surface area contributed by atoms with Gasteiger partial charge in [-0.15, -0.1) is 11.8 Å².